The smallest absolute Gasteiger partial charge is 0.235 e. The van der Waals surface area contributed by atoms with Crippen LogP contribution in [0.4, 0.5) is 0 Å². The number of para-hydroxylation sites is 5. The van der Waals surface area contributed by atoms with Crippen molar-refractivity contribution in [3.63, 3.8) is 0 Å². The molecule has 0 bridgehead atoms. The van der Waals surface area contributed by atoms with Crippen LogP contribution in [0.15, 0.2) is 192 Å². The highest BCUT2D eigenvalue weighted by atomic mass is 32.2. The summed E-state index contributed by atoms with van der Waals surface area (Å²) >= 11 is 1.90. The molecule has 3 aromatic heterocycles. The van der Waals surface area contributed by atoms with Crippen molar-refractivity contribution in [2.75, 3.05) is 0 Å². The first-order valence-electron chi connectivity index (χ1n) is 19.1. The topological polar surface area (TPSA) is 35.6 Å². The number of aromatic nitrogens is 4. The van der Waals surface area contributed by atoms with Crippen LogP contribution in [-0.4, -0.2) is 19.1 Å². The third kappa shape index (κ3) is 3.75. The van der Waals surface area contributed by atoms with Crippen LogP contribution in [0, 0.1) is 0 Å². The molecule has 0 fully saturated rings. The zero-order valence-corrected chi connectivity index (χ0v) is 30.8. The zero-order valence-electron chi connectivity index (χ0n) is 30.0. The molecule has 0 saturated carbocycles. The summed E-state index contributed by atoms with van der Waals surface area (Å²) in [6.45, 7) is 0. The first-order valence-corrected chi connectivity index (χ1v) is 19.9. The van der Waals surface area contributed by atoms with E-state index in [1.54, 1.807) is 0 Å². The van der Waals surface area contributed by atoms with Crippen molar-refractivity contribution in [2.45, 2.75) is 15.2 Å². The number of hydrogen-bond acceptors (Lipinski definition) is 3. The minimum Gasteiger partial charge on any atom is -0.309 e. The Balaban J connectivity index is 1.18. The first kappa shape index (κ1) is 30.4. The Morgan fingerprint density at radius 1 is 0.429 bits per heavy atom. The third-order valence-electron chi connectivity index (χ3n) is 12.2. The van der Waals surface area contributed by atoms with E-state index >= 15 is 0 Å². The molecule has 4 nitrogen and oxygen atoms in total. The lowest BCUT2D eigenvalue weighted by molar-refractivity contribution is 0.692. The Labute approximate surface area is 326 Å². The molecule has 0 aliphatic carbocycles. The van der Waals surface area contributed by atoms with Gasteiger partial charge in [0.15, 0.2) is 0 Å². The van der Waals surface area contributed by atoms with E-state index in [4.69, 9.17) is 9.97 Å². The highest BCUT2D eigenvalue weighted by Crippen LogP contribution is 2.62. The molecule has 1 atom stereocenters. The maximum Gasteiger partial charge on any atom is 0.235 e. The molecule has 1 unspecified atom stereocenters. The van der Waals surface area contributed by atoms with Gasteiger partial charge in [-0.05, 0) is 58.7 Å². The predicted octanol–water partition coefficient (Wildman–Crippen LogP) is 12.7. The van der Waals surface area contributed by atoms with E-state index in [1.807, 2.05) is 11.8 Å². The van der Waals surface area contributed by atoms with Crippen molar-refractivity contribution in [2.24, 2.45) is 0 Å². The summed E-state index contributed by atoms with van der Waals surface area (Å²) in [4.78, 5) is 13.2. The number of rotatable bonds is 2. The van der Waals surface area contributed by atoms with Gasteiger partial charge in [0.05, 0.1) is 44.4 Å². The average Bonchev–Trinajstić information content (AvgIpc) is 3.79. The highest BCUT2D eigenvalue weighted by molar-refractivity contribution is 7.99. The van der Waals surface area contributed by atoms with Crippen LogP contribution in [-0.2, 0) is 5.41 Å². The summed E-state index contributed by atoms with van der Waals surface area (Å²) in [5, 5.41) is 6.02. The molecule has 0 radical (unpaired) electrons. The second-order valence-electron chi connectivity index (χ2n) is 14.9. The number of hydrogen-bond donors (Lipinski definition) is 0. The highest BCUT2D eigenvalue weighted by Gasteiger charge is 2.50. The molecular weight excluding hydrogens is 701 g/mol. The van der Waals surface area contributed by atoms with Gasteiger partial charge in [-0.1, -0.05) is 157 Å². The van der Waals surface area contributed by atoms with Crippen LogP contribution in [0.3, 0.4) is 0 Å². The molecule has 1 spiro atoms. The maximum absolute atomic E-state index is 5.39. The summed E-state index contributed by atoms with van der Waals surface area (Å²) in [7, 11) is 0. The van der Waals surface area contributed by atoms with E-state index in [0.717, 1.165) is 33.2 Å². The Morgan fingerprint density at radius 2 is 1.09 bits per heavy atom. The van der Waals surface area contributed by atoms with Crippen molar-refractivity contribution in [3.05, 3.63) is 204 Å². The molecule has 2 aliphatic heterocycles. The molecule has 13 rings (SSSR count). The number of benzene rings is 8. The van der Waals surface area contributed by atoms with E-state index in [9.17, 15) is 0 Å². The van der Waals surface area contributed by atoms with E-state index < -0.39 is 5.41 Å². The lowest BCUT2D eigenvalue weighted by Crippen LogP contribution is -2.37. The normalized spacial score (nSPS) is 15.5. The quantitative estimate of drug-likeness (QED) is 0.178. The van der Waals surface area contributed by atoms with E-state index in [1.165, 1.54) is 70.3 Å². The second kappa shape index (κ2) is 11.1. The number of nitrogens with zero attached hydrogens (tertiary/aromatic N) is 4. The van der Waals surface area contributed by atoms with E-state index in [2.05, 4.69) is 191 Å². The monoisotopic (exact) mass is 730 g/mol. The van der Waals surface area contributed by atoms with Gasteiger partial charge in [-0.2, -0.15) is 0 Å². The second-order valence-corrected chi connectivity index (χ2v) is 15.9. The molecule has 2 aliphatic rings. The van der Waals surface area contributed by atoms with Gasteiger partial charge in [0.2, 0.25) is 5.95 Å². The summed E-state index contributed by atoms with van der Waals surface area (Å²) in [6.07, 6.45) is 0. The molecule has 0 amide bonds. The Morgan fingerprint density at radius 3 is 1.96 bits per heavy atom. The SMILES string of the molecule is c1ccc(-c2nc(-n3c4ccccc4c4c5c(ccc43)C3(c4ccccc4S5)c4ccccc4-n4c5ccccc5c5cccc3c54)nc3ccccc23)cc1. The summed E-state index contributed by atoms with van der Waals surface area (Å²) in [6, 6.07) is 66.3. The van der Waals surface area contributed by atoms with Crippen molar-refractivity contribution in [3.8, 4) is 22.9 Å². The Bertz CT molecular complexity index is 3470. The summed E-state index contributed by atoms with van der Waals surface area (Å²) in [5.41, 5.74) is 13.5. The van der Waals surface area contributed by atoms with Crippen molar-refractivity contribution < 1.29 is 0 Å². The third-order valence-corrected chi connectivity index (χ3v) is 13.4. The van der Waals surface area contributed by atoms with Crippen LogP contribution in [0.5, 0.6) is 0 Å². The average molecular weight is 731 g/mol. The van der Waals surface area contributed by atoms with Crippen LogP contribution in [0.25, 0.3) is 77.4 Å². The van der Waals surface area contributed by atoms with Crippen molar-refractivity contribution >= 4 is 66.3 Å². The predicted molar refractivity (Wildman–Crippen MR) is 230 cm³/mol. The van der Waals surface area contributed by atoms with Crippen LogP contribution >= 0.6 is 11.8 Å². The fraction of sp³-hybridized carbons (Fsp3) is 0.0196. The number of fused-ring (bicyclic) bond motifs is 16. The largest absolute Gasteiger partial charge is 0.309 e. The van der Waals surface area contributed by atoms with Gasteiger partial charge >= 0.3 is 0 Å². The van der Waals surface area contributed by atoms with Gasteiger partial charge in [-0.3, -0.25) is 4.57 Å². The standard InChI is InChI=1S/C51H30N4S/c1-2-15-31(16-3-1)47-34-18-4-9-24-40(34)52-50(53-47)55-42-26-11-6-19-35(42)46-44(55)30-29-39-49(46)56-45-28-13-8-22-37(45)51(39)36-21-7-12-27-43(36)54-41-25-10-5-17-32(41)33-20-14-23-38(51)48(33)54/h1-30H. The molecule has 5 heteroatoms. The molecule has 5 heterocycles. The van der Waals surface area contributed by atoms with Crippen molar-refractivity contribution in [1.29, 1.82) is 0 Å². The fourth-order valence-electron chi connectivity index (χ4n) is 10.0. The van der Waals surface area contributed by atoms with Gasteiger partial charge in [-0.15, -0.1) is 0 Å². The fourth-order valence-corrected chi connectivity index (χ4v) is 11.4. The molecule has 0 saturated heterocycles. The van der Waals surface area contributed by atoms with Crippen LogP contribution in [0.1, 0.15) is 22.3 Å². The minimum atomic E-state index is -0.561. The Hall–Kier alpha value is -6.95. The van der Waals surface area contributed by atoms with Gasteiger partial charge in [-0.25, -0.2) is 9.97 Å². The van der Waals surface area contributed by atoms with Crippen LogP contribution in [0.2, 0.25) is 0 Å². The lowest BCUT2D eigenvalue weighted by atomic mass is 9.62. The van der Waals surface area contributed by atoms with E-state index in [-0.39, 0.29) is 0 Å². The lowest BCUT2D eigenvalue weighted by Gasteiger charge is -2.45. The molecule has 56 heavy (non-hydrogen) atoms. The van der Waals surface area contributed by atoms with E-state index in [0.29, 0.717) is 5.95 Å². The Kier molecular flexibility index (Phi) is 6.00. The summed E-state index contributed by atoms with van der Waals surface area (Å²) in [5.74, 6) is 0.668. The molecule has 0 N–H and O–H groups in total. The summed E-state index contributed by atoms with van der Waals surface area (Å²) < 4.78 is 4.79. The van der Waals surface area contributed by atoms with Crippen LogP contribution < -0.4 is 0 Å². The van der Waals surface area contributed by atoms with Crippen molar-refractivity contribution in [1.82, 2.24) is 19.1 Å². The van der Waals surface area contributed by atoms with Gasteiger partial charge < -0.3 is 4.57 Å². The molecule has 11 aromatic rings. The maximum atomic E-state index is 5.39. The zero-order chi connectivity index (χ0) is 36.5. The molecule has 260 valence electrons. The van der Waals surface area contributed by atoms with Gasteiger partial charge in [0.25, 0.3) is 0 Å². The molecular formula is C51H30N4S. The van der Waals surface area contributed by atoms with Gasteiger partial charge in [0, 0.05) is 42.3 Å². The van der Waals surface area contributed by atoms with Gasteiger partial charge in [0.1, 0.15) is 0 Å². The minimum absolute atomic E-state index is 0.561. The first-order chi connectivity index (χ1) is 27.8. The molecule has 8 aromatic carbocycles.